The summed E-state index contributed by atoms with van der Waals surface area (Å²) in [6.45, 7) is 4.09. The number of carbonyl (C=O) groups is 2. The number of amides is 2. The lowest BCUT2D eigenvalue weighted by atomic mass is 9.93. The number of aromatic nitrogens is 1. The third kappa shape index (κ3) is 5.65. The number of rotatable bonds is 7. The van der Waals surface area contributed by atoms with E-state index in [0.717, 1.165) is 13.0 Å². The van der Waals surface area contributed by atoms with E-state index < -0.39 is 0 Å². The van der Waals surface area contributed by atoms with E-state index in [1.54, 1.807) is 18.5 Å². The molecule has 2 heterocycles. The predicted molar refractivity (Wildman–Crippen MR) is 129 cm³/mol. The number of benzene rings is 2. The van der Waals surface area contributed by atoms with Gasteiger partial charge in [0.25, 0.3) is 5.91 Å². The minimum Gasteiger partial charge on any atom is -0.356 e. The molecule has 170 valence electrons. The summed E-state index contributed by atoms with van der Waals surface area (Å²) in [6, 6.07) is 24.8. The molecule has 1 aliphatic heterocycles. The van der Waals surface area contributed by atoms with Crippen LogP contribution < -0.4 is 5.32 Å². The summed E-state index contributed by atoms with van der Waals surface area (Å²) in [5, 5.41) is 2.93. The van der Waals surface area contributed by atoms with E-state index in [4.69, 9.17) is 0 Å². The lowest BCUT2D eigenvalue weighted by molar-refractivity contribution is -0.119. The van der Waals surface area contributed by atoms with Crippen LogP contribution in [0.15, 0.2) is 85.2 Å². The first kappa shape index (κ1) is 22.7. The second-order valence-corrected chi connectivity index (χ2v) is 8.38. The lowest BCUT2D eigenvalue weighted by Gasteiger charge is -2.45. The van der Waals surface area contributed by atoms with Crippen LogP contribution in [0, 0.1) is 0 Å². The van der Waals surface area contributed by atoms with E-state index in [2.05, 4.69) is 63.7 Å². The second-order valence-electron chi connectivity index (χ2n) is 8.38. The number of piperazine rings is 1. The van der Waals surface area contributed by atoms with E-state index in [1.165, 1.54) is 18.1 Å². The topological polar surface area (TPSA) is 65.5 Å². The van der Waals surface area contributed by atoms with E-state index in [9.17, 15) is 9.59 Å². The zero-order chi connectivity index (χ0) is 23.0. The van der Waals surface area contributed by atoms with Crippen LogP contribution in [0.25, 0.3) is 0 Å². The summed E-state index contributed by atoms with van der Waals surface area (Å²) in [6.07, 6.45) is 4.06. The Labute approximate surface area is 195 Å². The van der Waals surface area contributed by atoms with E-state index >= 15 is 0 Å². The van der Waals surface area contributed by atoms with Crippen molar-refractivity contribution in [3.63, 3.8) is 0 Å². The molecule has 33 heavy (non-hydrogen) atoms. The number of nitrogens with zero attached hydrogens (tertiary/aromatic N) is 3. The van der Waals surface area contributed by atoms with Crippen LogP contribution in [-0.4, -0.2) is 58.8 Å². The minimum atomic E-state index is -0.0386. The number of hydrogen-bond donors (Lipinski definition) is 1. The Balaban J connectivity index is 1.62. The molecule has 2 amide bonds. The normalized spacial score (nSPS) is 16.5. The van der Waals surface area contributed by atoms with E-state index in [0.29, 0.717) is 25.2 Å². The molecular formula is C27H30N4O2. The molecule has 6 nitrogen and oxygen atoms in total. The maximum atomic E-state index is 13.1. The van der Waals surface area contributed by atoms with Gasteiger partial charge in [-0.2, -0.15) is 0 Å². The summed E-state index contributed by atoms with van der Waals surface area (Å²) in [7, 11) is 0. The third-order valence-electron chi connectivity index (χ3n) is 6.14. The van der Waals surface area contributed by atoms with Crippen LogP contribution >= 0.6 is 0 Å². The van der Waals surface area contributed by atoms with Crippen molar-refractivity contribution in [2.24, 2.45) is 0 Å². The summed E-state index contributed by atoms with van der Waals surface area (Å²) in [4.78, 5) is 33.2. The molecular weight excluding hydrogens is 412 g/mol. The van der Waals surface area contributed by atoms with Gasteiger partial charge in [0.1, 0.15) is 0 Å². The van der Waals surface area contributed by atoms with Gasteiger partial charge in [-0.05, 0) is 29.7 Å². The van der Waals surface area contributed by atoms with Crippen molar-refractivity contribution in [3.05, 3.63) is 102 Å². The largest absolute Gasteiger partial charge is 0.356 e. The zero-order valence-corrected chi connectivity index (χ0v) is 18.9. The third-order valence-corrected chi connectivity index (χ3v) is 6.14. The number of pyridine rings is 1. The summed E-state index contributed by atoms with van der Waals surface area (Å²) >= 11 is 0. The van der Waals surface area contributed by atoms with Crippen molar-refractivity contribution in [2.75, 3.05) is 26.2 Å². The van der Waals surface area contributed by atoms with E-state index in [-0.39, 0.29) is 23.9 Å². The molecule has 6 heteroatoms. The first-order chi connectivity index (χ1) is 16.1. The summed E-state index contributed by atoms with van der Waals surface area (Å²) in [5.41, 5.74) is 3.05. The molecule has 2 aromatic carbocycles. The maximum Gasteiger partial charge on any atom is 0.255 e. The highest BCUT2D eigenvalue weighted by molar-refractivity contribution is 5.94. The fraction of sp³-hybridized carbons (Fsp3) is 0.296. The average molecular weight is 443 g/mol. The van der Waals surface area contributed by atoms with Crippen LogP contribution in [-0.2, 0) is 4.79 Å². The Morgan fingerprint density at radius 3 is 2.21 bits per heavy atom. The zero-order valence-electron chi connectivity index (χ0n) is 18.9. The first-order valence-corrected chi connectivity index (χ1v) is 11.4. The quantitative estimate of drug-likeness (QED) is 0.608. The Kier molecular flexibility index (Phi) is 7.47. The summed E-state index contributed by atoms with van der Waals surface area (Å²) < 4.78 is 0. The van der Waals surface area contributed by atoms with Crippen LogP contribution in [0.5, 0.6) is 0 Å². The van der Waals surface area contributed by atoms with Gasteiger partial charge in [-0.1, -0.05) is 60.7 Å². The van der Waals surface area contributed by atoms with Gasteiger partial charge in [-0.15, -0.1) is 0 Å². The molecule has 1 aromatic heterocycles. The second kappa shape index (κ2) is 10.9. The Morgan fingerprint density at radius 1 is 0.970 bits per heavy atom. The van der Waals surface area contributed by atoms with Crippen LogP contribution in [0.3, 0.4) is 0 Å². The number of nitrogens with one attached hydrogen (secondary N) is 1. The van der Waals surface area contributed by atoms with Crippen molar-refractivity contribution in [1.29, 1.82) is 0 Å². The van der Waals surface area contributed by atoms with Gasteiger partial charge in [0.05, 0.1) is 11.6 Å². The monoisotopic (exact) mass is 442 g/mol. The van der Waals surface area contributed by atoms with Crippen molar-refractivity contribution < 1.29 is 9.59 Å². The predicted octanol–water partition coefficient (Wildman–Crippen LogP) is 3.52. The molecule has 4 rings (SSSR count). The van der Waals surface area contributed by atoms with Gasteiger partial charge >= 0.3 is 0 Å². The van der Waals surface area contributed by atoms with Gasteiger partial charge in [0.2, 0.25) is 5.91 Å². The van der Waals surface area contributed by atoms with Gasteiger partial charge in [0, 0.05) is 51.5 Å². The van der Waals surface area contributed by atoms with E-state index in [1.807, 2.05) is 23.1 Å². The molecule has 1 fully saturated rings. The van der Waals surface area contributed by atoms with Gasteiger partial charge in [0.15, 0.2) is 0 Å². The molecule has 0 aliphatic carbocycles. The standard InChI is InChI=1S/C27H30N4O2/c1-21(32)29-16-14-25-20-30(27(33)24-13-8-15-28-19-24)17-18-31(25)26(22-9-4-2-5-10-22)23-11-6-3-7-12-23/h2-13,15,19,25-26H,14,16-18,20H2,1H3,(H,29,32). The van der Waals surface area contributed by atoms with Crippen molar-refractivity contribution in [3.8, 4) is 0 Å². The number of carbonyl (C=O) groups excluding carboxylic acids is 2. The smallest absolute Gasteiger partial charge is 0.255 e. The molecule has 0 saturated carbocycles. The van der Waals surface area contributed by atoms with Crippen molar-refractivity contribution in [2.45, 2.75) is 25.4 Å². The average Bonchev–Trinajstić information content (AvgIpc) is 2.86. The van der Waals surface area contributed by atoms with Crippen LogP contribution in [0.2, 0.25) is 0 Å². The Hall–Kier alpha value is -3.51. The lowest BCUT2D eigenvalue weighted by Crippen LogP contribution is -2.56. The first-order valence-electron chi connectivity index (χ1n) is 11.4. The molecule has 1 N–H and O–H groups in total. The number of hydrogen-bond acceptors (Lipinski definition) is 4. The Morgan fingerprint density at radius 2 is 1.64 bits per heavy atom. The summed E-state index contributed by atoms with van der Waals surface area (Å²) in [5.74, 6) is -0.0356. The Bertz CT molecular complexity index is 1000. The molecule has 0 spiro atoms. The molecule has 1 atom stereocenters. The molecule has 1 saturated heterocycles. The molecule has 1 aliphatic rings. The molecule has 1 unspecified atom stereocenters. The minimum absolute atomic E-state index is 0.00301. The van der Waals surface area contributed by atoms with Crippen molar-refractivity contribution in [1.82, 2.24) is 20.1 Å². The molecule has 3 aromatic rings. The maximum absolute atomic E-state index is 13.1. The highest BCUT2D eigenvalue weighted by atomic mass is 16.2. The highest BCUT2D eigenvalue weighted by Gasteiger charge is 2.35. The SMILES string of the molecule is CC(=O)NCCC1CN(C(=O)c2cccnc2)CCN1C(c1ccccc1)c1ccccc1. The van der Waals surface area contributed by atoms with Crippen LogP contribution in [0.1, 0.15) is 40.9 Å². The fourth-order valence-electron chi connectivity index (χ4n) is 4.58. The van der Waals surface area contributed by atoms with Crippen molar-refractivity contribution >= 4 is 11.8 Å². The van der Waals surface area contributed by atoms with Gasteiger partial charge in [-0.25, -0.2) is 0 Å². The fourth-order valence-corrected chi connectivity index (χ4v) is 4.58. The highest BCUT2D eigenvalue weighted by Crippen LogP contribution is 2.33. The molecule has 0 radical (unpaired) electrons. The van der Waals surface area contributed by atoms with Gasteiger partial charge in [-0.3, -0.25) is 19.5 Å². The van der Waals surface area contributed by atoms with Gasteiger partial charge < -0.3 is 10.2 Å². The van der Waals surface area contributed by atoms with Crippen LogP contribution in [0.4, 0.5) is 0 Å². The molecule has 0 bridgehead atoms.